The molecule has 1 saturated heterocycles. The van der Waals surface area contributed by atoms with Gasteiger partial charge in [-0.2, -0.15) is 0 Å². The van der Waals surface area contributed by atoms with Gasteiger partial charge >= 0.3 is 5.97 Å². The van der Waals surface area contributed by atoms with Crippen molar-refractivity contribution in [3.63, 3.8) is 0 Å². The summed E-state index contributed by atoms with van der Waals surface area (Å²) < 4.78 is 0. The molecule has 142 valence electrons. The Morgan fingerprint density at radius 1 is 1.15 bits per heavy atom. The molecule has 0 bridgehead atoms. The Hall–Kier alpha value is -1.99. The average Bonchev–Trinajstić information content (AvgIpc) is 2.91. The van der Waals surface area contributed by atoms with E-state index in [-0.39, 0.29) is 30.3 Å². The molecular formula is C19H27NO5Si. The minimum absolute atomic E-state index is 0.0594. The molecule has 1 heterocycles. The first-order valence-electron chi connectivity index (χ1n) is 9.04. The molecule has 2 rings (SSSR count). The van der Waals surface area contributed by atoms with Crippen molar-refractivity contribution in [3.05, 3.63) is 29.8 Å². The van der Waals surface area contributed by atoms with Crippen molar-refractivity contribution in [2.45, 2.75) is 64.5 Å². The van der Waals surface area contributed by atoms with Crippen molar-refractivity contribution in [3.8, 4) is 0 Å². The van der Waals surface area contributed by atoms with Crippen LogP contribution in [0.25, 0.3) is 0 Å². The Labute approximate surface area is 155 Å². The molecule has 1 aliphatic heterocycles. The zero-order valence-electron chi connectivity index (χ0n) is 15.8. The number of nitrogens with zero attached hydrogens (tertiary/aromatic N) is 1. The Morgan fingerprint density at radius 3 is 2.27 bits per heavy atom. The van der Waals surface area contributed by atoms with Crippen LogP contribution in [0.5, 0.6) is 0 Å². The number of rotatable bonds is 7. The lowest BCUT2D eigenvalue weighted by Crippen LogP contribution is -2.53. The van der Waals surface area contributed by atoms with Crippen molar-refractivity contribution in [1.82, 2.24) is 5.06 Å². The van der Waals surface area contributed by atoms with Crippen LogP contribution in [0.1, 0.15) is 52.5 Å². The topological polar surface area (TPSA) is 83.9 Å². The summed E-state index contributed by atoms with van der Waals surface area (Å²) in [4.78, 5) is 51.1. The molecular weight excluding hydrogens is 350 g/mol. The Morgan fingerprint density at radius 2 is 1.73 bits per heavy atom. The van der Waals surface area contributed by atoms with Gasteiger partial charge in [-0.25, -0.2) is 4.79 Å². The van der Waals surface area contributed by atoms with Crippen LogP contribution in [-0.2, 0) is 25.6 Å². The van der Waals surface area contributed by atoms with Crippen LogP contribution in [0.3, 0.4) is 0 Å². The molecule has 6 nitrogen and oxygen atoms in total. The fourth-order valence-electron chi connectivity index (χ4n) is 3.36. The monoisotopic (exact) mass is 377 g/mol. The number of benzene rings is 1. The average molecular weight is 378 g/mol. The molecule has 1 fully saturated rings. The maximum Gasteiger partial charge on any atom is 0.333 e. The molecule has 1 N–H and O–H groups in total. The number of aryl methyl sites for hydroxylation is 1. The van der Waals surface area contributed by atoms with Gasteiger partial charge in [0, 0.05) is 12.8 Å². The first kappa shape index (κ1) is 20.3. The zero-order valence-corrected chi connectivity index (χ0v) is 16.8. The molecule has 0 saturated carbocycles. The molecule has 0 atom stereocenters. The smallest absolute Gasteiger partial charge is 0.333 e. The van der Waals surface area contributed by atoms with E-state index in [4.69, 9.17) is 4.84 Å². The van der Waals surface area contributed by atoms with Crippen molar-refractivity contribution in [2.24, 2.45) is 0 Å². The van der Waals surface area contributed by atoms with Crippen LogP contribution in [0.4, 0.5) is 0 Å². The van der Waals surface area contributed by atoms with Gasteiger partial charge < -0.3 is 9.63 Å². The minimum Gasteiger partial charge on any atom is -0.427 e. The van der Waals surface area contributed by atoms with Crippen LogP contribution < -0.4 is 5.19 Å². The Bertz CT molecular complexity index is 677. The summed E-state index contributed by atoms with van der Waals surface area (Å²) in [6.45, 7) is 8.17. The van der Waals surface area contributed by atoms with Gasteiger partial charge in [0.25, 0.3) is 11.8 Å². The van der Waals surface area contributed by atoms with Gasteiger partial charge in [-0.3, -0.25) is 9.59 Å². The second-order valence-corrected chi connectivity index (χ2v) is 11.9. The predicted octanol–water partition coefficient (Wildman–Crippen LogP) is 2.19. The lowest BCUT2D eigenvalue weighted by molar-refractivity contribution is -0.197. The van der Waals surface area contributed by atoms with Crippen molar-refractivity contribution in [2.75, 3.05) is 0 Å². The zero-order chi connectivity index (χ0) is 19.5. The first-order chi connectivity index (χ1) is 12.2. The van der Waals surface area contributed by atoms with E-state index in [1.165, 1.54) is 0 Å². The third-order valence-electron chi connectivity index (χ3n) is 4.97. The number of hydrogen-bond acceptors (Lipinski definition) is 5. The summed E-state index contributed by atoms with van der Waals surface area (Å²) in [5.41, 5.74) is 1.27. The SMILES string of the molecule is CC(C)[Si](O)(c1cccc(CCC(=O)ON2C(=O)CCC2=O)c1)C(C)C. The van der Waals surface area contributed by atoms with E-state index in [9.17, 15) is 19.2 Å². The van der Waals surface area contributed by atoms with E-state index < -0.39 is 26.1 Å². The van der Waals surface area contributed by atoms with E-state index in [0.29, 0.717) is 11.5 Å². The summed E-state index contributed by atoms with van der Waals surface area (Å²) in [7, 11) is -2.63. The van der Waals surface area contributed by atoms with E-state index in [0.717, 1.165) is 10.8 Å². The molecule has 26 heavy (non-hydrogen) atoms. The second-order valence-electron chi connectivity index (χ2n) is 7.38. The largest absolute Gasteiger partial charge is 0.427 e. The van der Waals surface area contributed by atoms with Crippen molar-refractivity contribution < 1.29 is 24.0 Å². The molecule has 0 spiro atoms. The van der Waals surface area contributed by atoms with Gasteiger partial charge in [0.15, 0.2) is 0 Å². The number of hydroxylamine groups is 2. The first-order valence-corrected chi connectivity index (χ1v) is 11.1. The number of carbonyl (C=O) groups excluding carboxylic acids is 3. The number of imide groups is 1. The summed E-state index contributed by atoms with van der Waals surface area (Å²) in [5, 5.41) is 1.53. The normalized spacial score (nSPS) is 15.3. The third kappa shape index (κ3) is 4.21. The summed E-state index contributed by atoms with van der Waals surface area (Å²) >= 11 is 0. The van der Waals surface area contributed by atoms with Crippen LogP contribution >= 0.6 is 0 Å². The molecule has 0 unspecified atom stereocenters. The number of carbonyl (C=O) groups is 3. The van der Waals surface area contributed by atoms with E-state index in [1.807, 2.05) is 52.0 Å². The molecule has 2 amide bonds. The molecule has 0 aliphatic carbocycles. The van der Waals surface area contributed by atoms with Gasteiger partial charge in [0.2, 0.25) is 8.32 Å². The lowest BCUT2D eigenvalue weighted by atomic mass is 10.1. The van der Waals surface area contributed by atoms with Gasteiger partial charge in [-0.15, -0.1) is 5.06 Å². The Kier molecular flexibility index (Phi) is 6.36. The summed E-state index contributed by atoms with van der Waals surface area (Å²) in [5.74, 6) is -1.57. The van der Waals surface area contributed by atoms with E-state index in [2.05, 4.69) is 0 Å². The fraction of sp³-hybridized carbons (Fsp3) is 0.526. The fourth-order valence-corrected chi connectivity index (χ4v) is 6.81. The maximum absolute atomic E-state index is 12.0. The van der Waals surface area contributed by atoms with Gasteiger partial charge in [-0.1, -0.05) is 52.0 Å². The van der Waals surface area contributed by atoms with Crippen LogP contribution in [0.15, 0.2) is 24.3 Å². The summed E-state index contributed by atoms with van der Waals surface area (Å²) in [6, 6.07) is 7.71. The molecule has 1 aromatic rings. The van der Waals surface area contributed by atoms with E-state index in [1.54, 1.807) is 0 Å². The number of amides is 2. The Balaban J connectivity index is 2.03. The highest BCUT2D eigenvalue weighted by Gasteiger charge is 2.40. The molecule has 1 aliphatic rings. The highest BCUT2D eigenvalue weighted by Crippen LogP contribution is 2.29. The van der Waals surface area contributed by atoms with Crippen LogP contribution in [-0.4, -0.2) is 36.0 Å². The van der Waals surface area contributed by atoms with Gasteiger partial charge in [-0.05, 0) is 28.3 Å². The third-order valence-corrected chi connectivity index (χ3v) is 9.72. The van der Waals surface area contributed by atoms with Crippen LogP contribution in [0.2, 0.25) is 11.1 Å². The maximum atomic E-state index is 12.0. The second kappa shape index (κ2) is 8.14. The van der Waals surface area contributed by atoms with Gasteiger partial charge in [0.05, 0.1) is 6.42 Å². The predicted molar refractivity (Wildman–Crippen MR) is 99.7 cm³/mol. The quantitative estimate of drug-likeness (QED) is 0.582. The highest BCUT2D eigenvalue weighted by molar-refractivity contribution is 6.87. The van der Waals surface area contributed by atoms with E-state index >= 15 is 0 Å². The van der Waals surface area contributed by atoms with Crippen LogP contribution in [0, 0.1) is 0 Å². The number of hydrogen-bond donors (Lipinski definition) is 1. The molecule has 1 aromatic carbocycles. The summed E-state index contributed by atoms with van der Waals surface area (Å²) in [6.07, 6.45) is 0.650. The molecule has 7 heteroatoms. The highest BCUT2D eigenvalue weighted by atomic mass is 28.4. The molecule has 0 aromatic heterocycles. The van der Waals surface area contributed by atoms with Gasteiger partial charge in [0.1, 0.15) is 0 Å². The molecule has 0 radical (unpaired) electrons. The lowest BCUT2D eigenvalue weighted by Gasteiger charge is -2.33. The van der Waals surface area contributed by atoms with Crippen molar-refractivity contribution >= 4 is 31.3 Å². The minimum atomic E-state index is -2.63. The standard InChI is InChI=1S/C19H27NO5Si/c1-13(2)26(24,14(3)4)16-7-5-6-15(12-16)8-11-19(23)25-20-17(21)9-10-18(20)22/h5-7,12-14,24H,8-11H2,1-4H3. The van der Waals surface area contributed by atoms with Crippen molar-refractivity contribution in [1.29, 1.82) is 0 Å².